The van der Waals surface area contributed by atoms with E-state index in [1.54, 1.807) is 0 Å². The molecule has 2 aliphatic carbocycles. The molecule has 0 radical (unpaired) electrons. The van der Waals surface area contributed by atoms with Crippen LogP contribution in [-0.2, 0) is 0 Å². The van der Waals surface area contributed by atoms with Gasteiger partial charge in [0.25, 0.3) is 0 Å². The molecule has 70 valence electrons. The summed E-state index contributed by atoms with van der Waals surface area (Å²) in [4.78, 5) is 0. The van der Waals surface area contributed by atoms with Gasteiger partial charge >= 0.3 is 0 Å². The molecule has 0 saturated heterocycles. The van der Waals surface area contributed by atoms with Crippen molar-refractivity contribution >= 4 is 0 Å². The number of fused-ring (bicyclic) bond motifs is 1. The molecule has 0 aromatic rings. The lowest BCUT2D eigenvalue weighted by Gasteiger charge is -2.39. The second-order valence-electron chi connectivity index (χ2n) is 4.48. The normalized spacial score (nSPS) is 42.2. The van der Waals surface area contributed by atoms with Gasteiger partial charge < -0.3 is 0 Å². The van der Waals surface area contributed by atoms with Crippen LogP contribution in [0.2, 0.25) is 0 Å². The van der Waals surface area contributed by atoms with E-state index in [1.165, 1.54) is 44.9 Å². The number of rotatable bonds is 1. The third-order valence-electron chi connectivity index (χ3n) is 3.78. The first kappa shape index (κ1) is 8.52. The Morgan fingerprint density at radius 1 is 0.917 bits per heavy atom. The van der Waals surface area contributed by atoms with Crippen molar-refractivity contribution in [1.29, 1.82) is 0 Å². The molecule has 2 rings (SSSR count). The summed E-state index contributed by atoms with van der Waals surface area (Å²) in [7, 11) is 0. The fourth-order valence-electron chi connectivity index (χ4n) is 3.02. The van der Waals surface area contributed by atoms with Crippen molar-refractivity contribution in [2.45, 2.75) is 51.0 Å². The first-order valence-electron chi connectivity index (χ1n) is 5.36. The molecule has 2 fully saturated rings. The summed E-state index contributed by atoms with van der Waals surface area (Å²) in [5.41, 5.74) is 2.94. The molecule has 2 saturated carbocycles. The molecule has 3 atom stereocenters. The van der Waals surface area contributed by atoms with Gasteiger partial charge in [-0.2, -0.15) is 0 Å². The Bertz CT molecular complexity index is 147. The van der Waals surface area contributed by atoms with Gasteiger partial charge in [0.1, 0.15) is 0 Å². The Morgan fingerprint density at radius 3 is 2.42 bits per heavy atom. The summed E-state index contributed by atoms with van der Waals surface area (Å²) in [6.45, 7) is 0. The third kappa shape index (κ3) is 1.64. The van der Waals surface area contributed by atoms with Crippen LogP contribution in [-0.4, -0.2) is 6.04 Å². The molecule has 0 spiro atoms. The van der Waals surface area contributed by atoms with Crippen molar-refractivity contribution < 1.29 is 0 Å². The van der Waals surface area contributed by atoms with E-state index >= 15 is 0 Å². The van der Waals surface area contributed by atoms with E-state index in [4.69, 9.17) is 5.84 Å². The predicted octanol–water partition coefficient (Wildman–Crippen LogP) is 1.81. The minimum Gasteiger partial charge on any atom is -0.271 e. The fraction of sp³-hybridized carbons (Fsp3) is 1.00. The van der Waals surface area contributed by atoms with Gasteiger partial charge in [-0.25, -0.2) is 0 Å². The number of nitrogens with one attached hydrogen (secondary N) is 1. The van der Waals surface area contributed by atoms with Gasteiger partial charge in [-0.15, -0.1) is 0 Å². The second kappa shape index (κ2) is 3.75. The lowest BCUT2D eigenvalue weighted by atomic mass is 9.69. The van der Waals surface area contributed by atoms with E-state index in [1.807, 2.05) is 0 Å². The Kier molecular flexibility index (Phi) is 2.66. The largest absolute Gasteiger partial charge is 0.271 e. The van der Waals surface area contributed by atoms with Gasteiger partial charge in [0, 0.05) is 6.04 Å². The van der Waals surface area contributed by atoms with Crippen molar-refractivity contribution in [2.24, 2.45) is 17.7 Å². The minimum absolute atomic E-state index is 0.615. The zero-order valence-electron chi connectivity index (χ0n) is 7.76. The standard InChI is InChI=1S/C10H20N2/c11-12-10-6-5-8-3-1-2-4-9(8)7-10/h8-10,12H,1-7,11H2/t8-,9+,10-/m1/s1. The molecule has 2 aliphatic rings. The van der Waals surface area contributed by atoms with E-state index in [0.29, 0.717) is 6.04 Å². The van der Waals surface area contributed by atoms with Gasteiger partial charge in [0.2, 0.25) is 0 Å². The van der Waals surface area contributed by atoms with Crippen LogP contribution in [0.3, 0.4) is 0 Å². The van der Waals surface area contributed by atoms with Gasteiger partial charge in [-0.05, 0) is 31.1 Å². The molecule has 0 aliphatic heterocycles. The molecule has 0 aromatic carbocycles. The van der Waals surface area contributed by atoms with E-state index in [0.717, 1.165) is 11.8 Å². The molecule has 2 nitrogen and oxygen atoms in total. The zero-order chi connectivity index (χ0) is 8.39. The third-order valence-corrected chi connectivity index (χ3v) is 3.78. The lowest BCUT2D eigenvalue weighted by Crippen LogP contribution is -2.42. The average molecular weight is 168 g/mol. The van der Waals surface area contributed by atoms with Gasteiger partial charge in [0.15, 0.2) is 0 Å². The lowest BCUT2D eigenvalue weighted by molar-refractivity contribution is 0.144. The molecule has 2 heteroatoms. The van der Waals surface area contributed by atoms with Crippen LogP contribution in [0.15, 0.2) is 0 Å². The predicted molar refractivity (Wildman–Crippen MR) is 50.4 cm³/mol. The number of nitrogens with two attached hydrogens (primary N) is 1. The van der Waals surface area contributed by atoms with Gasteiger partial charge in [0.05, 0.1) is 0 Å². The molecule has 3 N–H and O–H groups in total. The monoisotopic (exact) mass is 168 g/mol. The second-order valence-corrected chi connectivity index (χ2v) is 4.48. The molecule has 12 heavy (non-hydrogen) atoms. The van der Waals surface area contributed by atoms with Crippen LogP contribution in [0, 0.1) is 11.8 Å². The minimum atomic E-state index is 0.615. The average Bonchev–Trinajstić information content (AvgIpc) is 2.17. The molecule has 0 aromatic heterocycles. The number of hydrogen-bond acceptors (Lipinski definition) is 2. The van der Waals surface area contributed by atoms with Gasteiger partial charge in [-0.3, -0.25) is 11.3 Å². The van der Waals surface area contributed by atoms with Crippen molar-refractivity contribution in [3.05, 3.63) is 0 Å². The van der Waals surface area contributed by atoms with E-state index < -0.39 is 0 Å². The van der Waals surface area contributed by atoms with Crippen LogP contribution in [0.4, 0.5) is 0 Å². The molecule has 0 unspecified atom stereocenters. The number of hydrogen-bond donors (Lipinski definition) is 2. The highest BCUT2D eigenvalue weighted by molar-refractivity contribution is 4.85. The Hall–Kier alpha value is -0.0800. The van der Waals surface area contributed by atoms with E-state index in [9.17, 15) is 0 Å². The van der Waals surface area contributed by atoms with E-state index in [-0.39, 0.29) is 0 Å². The zero-order valence-corrected chi connectivity index (χ0v) is 7.76. The molecule has 0 heterocycles. The first-order chi connectivity index (χ1) is 5.90. The quantitative estimate of drug-likeness (QED) is 0.463. The summed E-state index contributed by atoms with van der Waals surface area (Å²) >= 11 is 0. The smallest absolute Gasteiger partial charge is 0.0213 e. The van der Waals surface area contributed by atoms with Crippen LogP contribution in [0.25, 0.3) is 0 Å². The van der Waals surface area contributed by atoms with E-state index in [2.05, 4.69) is 5.43 Å². The highest BCUT2D eigenvalue weighted by atomic mass is 15.2. The number of hydrazine groups is 1. The maximum absolute atomic E-state index is 5.48. The molecule has 0 bridgehead atoms. The fourth-order valence-corrected chi connectivity index (χ4v) is 3.02. The first-order valence-corrected chi connectivity index (χ1v) is 5.36. The Labute approximate surface area is 74.9 Å². The molecular weight excluding hydrogens is 148 g/mol. The Balaban J connectivity index is 1.90. The van der Waals surface area contributed by atoms with Crippen LogP contribution < -0.4 is 11.3 Å². The SMILES string of the molecule is NN[C@@H]1CC[C@H]2CCCC[C@H]2C1. The van der Waals surface area contributed by atoms with Crippen molar-refractivity contribution in [3.63, 3.8) is 0 Å². The summed E-state index contributed by atoms with van der Waals surface area (Å²) in [5, 5.41) is 0. The maximum atomic E-state index is 5.48. The Morgan fingerprint density at radius 2 is 1.67 bits per heavy atom. The summed E-state index contributed by atoms with van der Waals surface area (Å²) in [6.07, 6.45) is 9.93. The van der Waals surface area contributed by atoms with Gasteiger partial charge in [-0.1, -0.05) is 25.7 Å². The summed E-state index contributed by atoms with van der Waals surface area (Å²) in [6, 6.07) is 0.615. The summed E-state index contributed by atoms with van der Waals surface area (Å²) in [5.74, 6) is 7.51. The van der Waals surface area contributed by atoms with Crippen molar-refractivity contribution in [1.82, 2.24) is 5.43 Å². The van der Waals surface area contributed by atoms with Crippen LogP contribution >= 0.6 is 0 Å². The van der Waals surface area contributed by atoms with Crippen LogP contribution in [0.5, 0.6) is 0 Å². The maximum Gasteiger partial charge on any atom is 0.0213 e. The topological polar surface area (TPSA) is 38.0 Å². The van der Waals surface area contributed by atoms with Crippen LogP contribution in [0.1, 0.15) is 44.9 Å². The van der Waals surface area contributed by atoms with Crippen molar-refractivity contribution in [2.75, 3.05) is 0 Å². The highest BCUT2D eigenvalue weighted by Crippen LogP contribution is 2.40. The molecule has 0 amide bonds. The highest BCUT2D eigenvalue weighted by Gasteiger charge is 2.31. The summed E-state index contributed by atoms with van der Waals surface area (Å²) < 4.78 is 0. The van der Waals surface area contributed by atoms with Crippen molar-refractivity contribution in [3.8, 4) is 0 Å². The molecular formula is C10H20N2.